The summed E-state index contributed by atoms with van der Waals surface area (Å²) in [6.07, 6.45) is 0. The van der Waals surface area contributed by atoms with Crippen LogP contribution in [0.4, 0.5) is 0 Å². The van der Waals surface area contributed by atoms with Crippen LogP contribution in [0.3, 0.4) is 0 Å². The normalized spacial score (nSPS) is 11.5. The highest BCUT2D eigenvalue weighted by atomic mass is 16.5. The molecule has 0 atom stereocenters. The minimum atomic E-state index is -0.0719. The summed E-state index contributed by atoms with van der Waals surface area (Å²) in [4.78, 5) is 0. The van der Waals surface area contributed by atoms with Crippen LogP contribution >= 0.6 is 0 Å². The van der Waals surface area contributed by atoms with Gasteiger partial charge in [-0.2, -0.15) is 0 Å². The maximum absolute atomic E-state index is 9.15. The first kappa shape index (κ1) is 14.0. The van der Waals surface area contributed by atoms with Crippen molar-refractivity contribution in [1.29, 1.82) is 0 Å². The first-order valence-electron chi connectivity index (χ1n) is 6.11. The number of benzene rings is 1. The quantitative estimate of drug-likeness (QED) is 0.764. The third-order valence-corrected chi connectivity index (χ3v) is 2.57. The number of ether oxygens (including phenoxy) is 1. The third-order valence-electron chi connectivity index (χ3n) is 2.57. The maximum atomic E-state index is 9.15. The van der Waals surface area contributed by atoms with Crippen LogP contribution in [-0.4, -0.2) is 24.9 Å². The summed E-state index contributed by atoms with van der Waals surface area (Å²) in [7, 11) is 0. The van der Waals surface area contributed by atoms with Crippen molar-refractivity contribution in [3.8, 4) is 5.75 Å². The number of aliphatic hydroxyl groups excluding tert-OH is 1. The lowest BCUT2D eigenvalue weighted by molar-refractivity contribution is 0.156. The van der Waals surface area contributed by atoms with Gasteiger partial charge in [0.25, 0.3) is 0 Å². The molecule has 0 saturated heterocycles. The lowest BCUT2D eigenvalue weighted by Crippen LogP contribution is -2.31. The van der Waals surface area contributed by atoms with Gasteiger partial charge in [-0.15, -0.1) is 0 Å². The molecule has 0 aliphatic carbocycles. The van der Waals surface area contributed by atoms with E-state index >= 15 is 0 Å². The Morgan fingerprint density at radius 3 is 2.76 bits per heavy atom. The molecule has 0 fully saturated rings. The van der Waals surface area contributed by atoms with Gasteiger partial charge >= 0.3 is 0 Å². The lowest BCUT2D eigenvalue weighted by atomic mass is 9.95. The van der Waals surface area contributed by atoms with Crippen LogP contribution in [0.25, 0.3) is 0 Å². The predicted octanol–water partition coefficient (Wildman–Crippen LogP) is 2.19. The van der Waals surface area contributed by atoms with E-state index in [0.29, 0.717) is 6.61 Å². The Labute approximate surface area is 104 Å². The van der Waals surface area contributed by atoms with Crippen molar-refractivity contribution in [2.45, 2.75) is 27.3 Å². The summed E-state index contributed by atoms with van der Waals surface area (Å²) in [6, 6.07) is 8.08. The first-order valence-corrected chi connectivity index (χ1v) is 6.11. The van der Waals surface area contributed by atoms with Crippen molar-refractivity contribution in [2.24, 2.45) is 5.41 Å². The van der Waals surface area contributed by atoms with E-state index in [1.165, 1.54) is 5.56 Å². The number of aliphatic hydroxyl groups is 1. The van der Waals surface area contributed by atoms with Gasteiger partial charge in [-0.1, -0.05) is 26.0 Å². The van der Waals surface area contributed by atoms with Gasteiger partial charge in [0, 0.05) is 25.1 Å². The van der Waals surface area contributed by atoms with Crippen LogP contribution in [0.5, 0.6) is 5.75 Å². The van der Waals surface area contributed by atoms with Gasteiger partial charge in [0.2, 0.25) is 0 Å². The summed E-state index contributed by atoms with van der Waals surface area (Å²) in [6.45, 7) is 8.53. The van der Waals surface area contributed by atoms with Crippen molar-refractivity contribution in [1.82, 2.24) is 5.32 Å². The molecule has 2 N–H and O–H groups in total. The van der Waals surface area contributed by atoms with Crippen LogP contribution < -0.4 is 10.1 Å². The van der Waals surface area contributed by atoms with E-state index in [-0.39, 0.29) is 12.0 Å². The molecule has 1 rings (SSSR count). The minimum absolute atomic E-state index is 0.0719. The van der Waals surface area contributed by atoms with Gasteiger partial charge in [0.15, 0.2) is 0 Å². The second-order valence-corrected chi connectivity index (χ2v) is 5.01. The van der Waals surface area contributed by atoms with Gasteiger partial charge in [-0.05, 0) is 24.6 Å². The van der Waals surface area contributed by atoms with Crippen molar-refractivity contribution in [3.05, 3.63) is 29.8 Å². The van der Waals surface area contributed by atoms with Crippen LogP contribution in [0.1, 0.15) is 26.3 Å². The van der Waals surface area contributed by atoms with E-state index < -0.39 is 0 Å². The fraction of sp³-hybridized carbons (Fsp3) is 0.571. The summed E-state index contributed by atoms with van der Waals surface area (Å²) < 4.78 is 5.45. The van der Waals surface area contributed by atoms with Crippen LogP contribution in [0.15, 0.2) is 24.3 Å². The number of nitrogens with one attached hydrogen (secondary N) is 1. The Kier molecular flexibility index (Phi) is 5.45. The standard InChI is InChI=1S/C14H23NO2/c1-4-17-13-7-5-6-12(8-13)9-15-10-14(2,3)11-16/h5-8,15-16H,4,9-11H2,1-3H3. The monoisotopic (exact) mass is 237 g/mol. The van der Waals surface area contributed by atoms with Gasteiger partial charge < -0.3 is 15.2 Å². The van der Waals surface area contributed by atoms with Crippen molar-refractivity contribution < 1.29 is 9.84 Å². The molecular formula is C14H23NO2. The van der Waals surface area contributed by atoms with Gasteiger partial charge in [-0.25, -0.2) is 0 Å². The van der Waals surface area contributed by atoms with Crippen molar-refractivity contribution >= 4 is 0 Å². The zero-order chi connectivity index (χ0) is 12.7. The lowest BCUT2D eigenvalue weighted by Gasteiger charge is -2.22. The predicted molar refractivity (Wildman–Crippen MR) is 70.2 cm³/mol. The molecule has 0 aromatic heterocycles. The molecule has 1 aromatic rings. The molecule has 3 heteroatoms. The molecule has 96 valence electrons. The molecule has 0 aliphatic heterocycles. The smallest absolute Gasteiger partial charge is 0.119 e. The number of hydrogen-bond acceptors (Lipinski definition) is 3. The molecule has 0 saturated carbocycles. The maximum Gasteiger partial charge on any atom is 0.119 e. The SMILES string of the molecule is CCOc1cccc(CNCC(C)(C)CO)c1. The molecule has 0 unspecified atom stereocenters. The van der Waals surface area contributed by atoms with E-state index in [0.717, 1.165) is 18.8 Å². The number of rotatable bonds is 7. The Hall–Kier alpha value is -1.06. The largest absolute Gasteiger partial charge is 0.494 e. The topological polar surface area (TPSA) is 41.5 Å². The molecule has 17 heavy (non-hydrogen) atoms. The zero-order valence-electron chi connectivity index (χ0n) is 11.0. The van der Waals surface area contributed by atoms with E-state index in [1.807, 2.05) is 39.0 Å². The third kappa shape index (κ3) is 5.20. The Bertz CT molecular complexity index is 337. The summed E-state index contributed by atoms with van der Waals surface area (Å²) in [5.41, 5.74) is 1.13. The molecule has 0 radical (unpaired) electrons. The molecule has 0 aliphatic rings. The average Bonchev–Trinajstić information content (AvgIpc) is 2.30. The molecular weight excluding hydrogens is 214 g/mol. The Morgan fingerprint density at radius 1 is 1.35 bits per heavy atom. The second-order valence-electron chi connectivity index (χ2n) is 5.01. The zero-order valence-corrected chi connectivity index (χ0v) is 11.0. The Balaban J connectivity index is 2.44. The molecule has 1 aromatic carbocycles. The first-order chi connectivity index (χ1) is 8.07. The van der Waals surface area contributed by atoms with Crippen molar-refractivity contribution in [3.63, 3.8) is 0 Å². The van der Waals surface area contributed by atoms with Crippen LogP contribution in [0.2, 0.25) is 0 Å². The highest BCUT2D eigenvalue weighted by molar-refractivity contribution is 5.28. The van der Waals surface area contributed by atoms with Crippen LogP contribution in [0, 0.1) is 5.41 Å². The minimum Gasteiger partial charge on any atom is -0.494 e. The van der Waals surface area contributed by atoms with E-state index in [2.05, 4.69) is 11.4 Å². The van der Waals surface area contributed by atoms with E-state index in [1.54, 1.807) is 0 Å². The summed E-state index contributed by atoms with van der Waals surface area (Å²) in [5, 5.41) is 12.5. The molecule has 0 spiro atoms. The average molecular weight is 237 g/mol. The Morgan fingerprint density at radius 2 is 2.12 bits per heavy atom. The van der Waals surface area contributed by atoms with Crippen molar-refractivity contribution in [2.75, 3.05) is 19.8 Å². The van der Waals surface area contributed by atoms with Gasteiger partial charge in [0.1, 0.15) is 5.75 Å². The highest BCUT2D eigenvalue weighted by Crippen LogP contribution is 2.14. The molecule has 3 nitrogen and oxygen atoms in total. The van der Waals surface area contributed by atoms with E-state index in [9.17, 15) is 0 Å². The fourth-order valence-corrected chi connectivity index (χ4v) is 1.51. The van der Waals surface area contributed by atoms with Crippen LogP contribution in [-0.2, 0) is 6.54 Å². The van der Waals surface area contributed by atoms with Gasteiger partial charge in [0.05, 0.1) is 6.61 Å². The molecule has 0 bridgehead atoms. The molecule has 0 amide bonds. The molecule has 0 heterocycles. The summed E-state index contributed by atoms with van der Waals surface area (Å²) >= 11 is 0. The van der Waals surface area contributed by atoms with E-state index in [4.69, 9.17) is 9.84 Å². The summed E-state index contributed by atoms with van der Waals surface area (Å²) in [5.74, 6) is 0.910. The van der Waals surface area contributed by atoms with Gasteiger partial charge in [-0.3, -0.25) is 0 Å². The number of hydrogen-bond donors (Lipinski definition) is 2. The second kappa shape index (κ2) is 6.62. The fourth-order valence-electron chi connectivity index (χ4n) is 1.51. The highest BCUT2D eigenvalue weighted by Gasteiger charge is 2.15.